The summed E-state index contributed by atoms with van der Waals surface area (Å²) in [6, 6.07) is 3.76. The van der Waals surface area contributed by atoms with Gasteiger partial charge in [-0.05, 0) is 55.5 Å². The number of rotatable bonds is 5. The van der Waals surface area contributed by atoms with E-state index in [-0.39, 0.29) is 17.7 Å². The molecule has 0 bridgehead atoms. The number of halogens is 3. The summed E-state index contributed by atoms with van der Waals surface area (Å²) in [6.07, 6.45) is 2.15. The zero-order valence-electron chi connectivity index (χ0n) is 16.0. The lowest BCUT2D eigenvalue weighted by Gasteiger charge is -2.25. The first-order chi connectivity index (χ1) is 13.3. The Bertz CT molecular complexity index is 724. The molecule has 1 atom stereocenters. The summed E-state index contributed by atoms with van der Waals surface area (Å²) in [5, 5.41) is 2.95. The average molecular weight is 397 g/mol. The summed E-state index contributed by atoms with van der Waals surface area (Å²) >= 11 is 0. The van der Waals surface area contributed by atoms with Crippen LogP contribution in [0.5, 0.6) is 5.75 Å². The maximum atomic E-state index is 13.3. The first-order valence-electron chi connectivity index (χ1n) is 9.79. The normalized spacial score (nSPS) is 19.6. The van der Waals surface area contributed by atoms with Gasteiger partial charge in [0.1, 0.15) is 5.75 Å². The molecule has 1 saturated carbocycles. The Balaban J connectivity index is 1.75. The van der Waals surface area contributed by atoms with Crippen LogP contribution in [-0.4, -0.2) is 31.3 Å². The molecule has 0 aromatic heterocycles. The van der Waals surface area contributed by atoms with Gasteiger partial charge in [-0.1, -0.05) is 25.3 Å². The topological polar surface area (TPSA) is 47.6 Å². The van der Waals surface area contributed by atoms with E-state index in [1.165, 1.54) is 6.42 Å². The highest BCUT2D eigenvalue weighted by Gasteiger charge is 2.32. The van der Waals surface area contributed by atoms with E-state index in [1.54, 1.807) is 19.1 Å². The van der Waals surface area contributed by atoms with Crippen molar-refractivity contribution < 1.29 is 27.4 Å². The third kappa shape index (κ3) is 5.50. The van der Waals surface area contributed by atoms with Gasteiger partial charge in [0.2, 0.25) is 0 Å². The number of hydrogen-bond acceptors (Lipinski definition) is 3. The van der Waals surface area contributed by atoms with Crippen LogP contribution >= 0.6 is 0 Å². The van der Waals surface area contributed by atoms with Gasteiger partial charge >= 0.3 is 6.18 Å². The summed E-state index contributed by atoms with van der Waals surface area (Å²) in [4.78, 5) is 12.4. The van der Waals surface area contributed by atoms with Crippen LogP contribution < -0.4 is 10.1 Å². The van der Waals surface area contributed by atoms with E-state index < -0.39 is 17.8 Å². The summed E-state index contributed by atoms with van der Waals surface area (Å²) in [5.74, 6) is -0.250. The molecule has 1 aromatic rings. The molecule has 154 valence electrons. The van der Waals surface area contributed by atoms with Crippen LogP contribution in [0, 0.1) is 0 Å². The summed E-state index contributed by atoms with van der Waals surface area (Å²) in [6.45, 7) is 2.41. The summed E-state index contributed by atoms with van der Waals surface area (Å²) in [7, 11) is 0. The molecule has 1 N–H and O–H groups in total. The predicted octanol–water partition coefficient (Wildman–Crippen LogP) is 4.73. The zero-order valence-corrected chi connectivity index (χ0v) is 16.0. The molecule has 7 heteroatoms. The van der Waals surface area contributed by atoms with Crippen LogP contribution in [0.1, 0.15) is 56.6 Å². The van der Waals surface area contributed by atoms with Crippen molar-refractivity contribution in [2.24, 2.45) is 0 Å². The zero-order chi connectivity index (χ0) is 20.1. The lowest BCUT2D eigenvalue weighted by Crippen LogP contribution is -2.43. The van der Waals surface area contributed by atoms with Gasteiger partial charge in [0.25, 0.3) is 5.91 Å². The first-order valence-corrected chi connectivity index (χ1v) is 9.79. The van der Waals surface area contributed by atoms with Gasteiger partial charge in [-0.15, -0.1) is 0 Å². The number of nitrogens with one attached hydrogen (secondary N) is 1. The van der Waals surface area contributed by atoms with E-state index in [0.717, 1.165) is 43.4 Å². The minimum absolute atomic E-state index is 0.0449. The predicted molar refractivity (Wildman–Crippen MR) is 100.0 cm³/mol. The largest absolute Gasteiger partial charge is 0.481 e. The molecule has 28 heavy (non-hydrogen) atoms. The molecule has 1 heterocycles. The minimum Gasteiger partial charge on any atom is -0.481 e. The molecule has 1 aromatic carbocycles. The van der Waals surface area contributed by atoms with Crippen LogP contribution in [0.3, 0.4) is 0 Å². The third-order valence-electron chi connectivity index (χ3n) is 5.20. The average Bonchev–Trinajstić information content (AvgIpc) is 2.68. The second kappa shape index (κ2) is 8.99. The fourth-order valence-corrected chi connectivity index (χ4v) is 3.63. The second-order valence-electron chi connectivity index (χ2n) is 7.40. The molecule has 1 amide bonds. The van der Waals surface area contributed by atoms with Gasteiger partial charge in [-0.2, -0.15) is 13.2 Å². The fraction of sp³-hybridized carbons (Fsp3) is 0.571. The Kier molecular flexibility index (Phi) is 6.65. The van der Waals surface area contributed by atoms with Crippen molar-refractivity contribution in [2.45, 2.75) is 63.8 Å². The van der Waals surface area contributed by atoms with Gasteiger partial charge in [0.05, 0.1) is 18.8 Å². The van der Waals surface area contributed by atoms with E-state index >= 15 is 0 Å². The van der Waals surface area contributed by atoms with Crippen molar-refractivity contribution in [1.29, 1.82) is 0 Å². The smallest absolute Gasteiger partial charge is 0.416 e. The molecular formula is C21H26F3NO3. The highest BCUT2D eigenvalue weighted by molar-refractivity contribution is 5.81. The molecule has 4 nitrogen and oxygen atoms in total. The van der Waals surface area contributed by atoms with Crippen molar-refractivity contribution >= 4 is 11.5 Å². The molecule has 0 spiro atoms. The molecule has 0 saturated heterocycles. The van der Waals surface area contributed by atoms with Gasteiger partial charge in [0, 0.05) is 6.04 Å². The van der Waals surface area contributed by atoms with Crippen molar-refractivity contribution in [2.75, 3.05) is 13.2 Å². The van der Waals surface area contributed by atoms with E-state index in [0.29, 0.717) is 25.2 Å². The molecular weight excluding hydrogens is 371 g/mol. The van der Waals surface area contributed by atoms with E-state index in [1.807, 2.05) is 0 Å². The van der Waals surface area contributed by atoms with E-state index in [4.69, 9.17) is 9.47 Å². The molecule has 1 unspecified atom stereocenters. The number of carbonyl (C=O) groups is 1. The maximum absolute atomic E-state index is 13.3. The molecule has 3 rings (SSSR count). The van der Waals surface area contributed by atoms with Crippen LogP contribution in [-0.2, 0) is 15.7 Å². The lowest BCUT2D eigenvalue weighted by atomic mass is 9.95. The Morgan fingerprint density at radius 2 is 1.96 bits per heavy atom. The lowest BCUT2D eigenvalue weighted by molar-refractivity contribution is -0.137. The number of alkyl halides is 3. The molecule has 1 aliphatic heterocycles. The number of carbonyl (C=O) groups excluding carboxylic acids is 1. The highest BCUT2D eigenvalue weighted by atomic mass is 19.4. The first kappa shape index (κ1) is 20.7. The Morgan fingerprint density at radius 3 is 2.61 bits per heavy atom. The van der Waals surface area contributed by atoms with Gasteiger partial charge < -0.3 is 14.8 Å². The molecule has 0 radical (unpaired) electrons. The number of ether oxygens (including phenoxy) is 2. The van der Waals surface area contributed by atoms with Crippen molar-refractivity contribution in [1.82, 2.24) is 5.32 Å². The van der Waals surface area contributed by atoms with Gasteiger partial charge in [0.15, 0.2) is 6.10 Å². The quantitative estimate of drug-likeness (QED) is 0.782. The number of amides is 1. The Hall–Kier alpha value is -2.02. The summed E-state index contributed by atoms with van der Waals surface area (Å²) in [5.41, 5.74) is 0.460. The van der Waals surface area contributed by atoms with Crippen LogP contribution in [0.25, 0.3) is 5.57 Å². The number of hydrogen-bond donors (Lipinski definition) is 1. The van der Waals surface area contributed by atoms with Gasteiger partial charge in [-0.3, -0.25) is 4.79 Å². The SMILES string of the molecule is CC(Oc1cc(C2=CCOCC2)cc(C(F)(F)F)c1)C(=O)NC1CCCCC1. The monoisotopic (exact) mass is 397 g/mol. The molecule has 1 aliphatic carbocycles. The Morgan fingerprint density at radius 1 is 1.21 bits per heavy atom. The maximum Gasteiger partial charge on any atom is 0.416 e. The van der Waals surface area contributed by atoms with Crippen LogP contribution in [0.2, 0.25) is 0 Å². The molecule has 2 aliphatic rings. The summed E-state index contributed by atoms with van der Waals surface area (Å²) < 4.78 is 50.9. The third-order valence-corrected chi connectivity index (χ3v) is 5.20. The standard InChI is InChI=1S/C21H26F3NO3/c1-14(20(26)25-18-5-3-2-4-6-18)28-19-12-16(15-7-9-27-10-8-15)11-17(13-19)21(22,23)24/h7,11-14,18H,2-6,8-10H2,1H3,(H,25,26). The van der Waals surface area contributed by atoms with Crippen LogP contribution in [0.4, 0.5) is 13.2 Å². The highest BCUT2D eigenvalue weighted by Crippen LogP contribution is 2.35. The van der Waals surface area contributed by atoms with Gasteiger partial charge in [-0.25, -0.2) is 0 Å². The van der Waals surface area contributed by atoms with E-state index in [9.17, 15) is 18.0 Å². The fourth-order valence-electron chi connectivity index (χ4n) is 3.63. The van der Waals surface area contributed by atoms with E-state index in [2.05, 4.69) is 5.32 Å². The van der Waals surface area contributed by atoms with Crippen molar-refractivity contribution in [3.8, 4) is 5.75 Å². The van der Waals surface area contributed by atoms with Crippen molar-refractivity contribution in [3.63, 3.8) is 0 Å². The van der Waals surface area contributed by atoms with Crippen molar-refractivity contribution in [3.05, 3.63) is 35.4 Å². The van der Waals surface area contributed by atoms with Crippen LogP contribution in [0.15, 0.2) is 24.3 Å². The second-order valence-corrected chi connectivity index (χ2v) is 7.40. The molecule has 1 fully saturated rings. The minimum atomic E-state index is -4.49. The Labute approximate surface area is 163 Å². The number of benzene rings is 1.